The number of nitrogens with zero attached hydrogens (tertiary/aromatic N) is 1. The average Bonchev–Trinajstić information content (AvgIpc) is 2.38. The molecule has 0 bridgehead atoms. The second-order valence-corrected chi connectivity index (χ2v) is 4.55. The number of methoxy groups -OCH3 is 1. The summed E-state index contributed by atoms with van der Waals surface area (Å²) >= 11 is 0. The quantitative estimate of drug-likeness (QED) is 0.483. The Hall–Kier alpha value is -1.95. The molecule has 1 atom stereocenters. The van der Waals surface area contributed by atoms with Gasteiger partial charge in [0.2, 0.25) is 0 Å². The van der Waals surface area contributed by atoms with E-state index < -0.39 is 11.0 Å². The van der Waals surface area contributed by atoms with Gasteiger partial charge in [-0.1, -0.05) is 26.0 Å². The third-order valence-corrected chi connectivity index (χ3v) is 2.77. The fraction of sp³-hybridized carbons (Fsp3) is 0.462. The Morgan fingerprint density at radius 2 is 2.16 bits per heavy atom. The number of benzene rings is 1. The summed E-state index contributed by atoms with van der Waals surface area (Å²) in [5, 5.41) is 13.7. The van der Waals surface area contributed by atoms with Crippen molar-refractivity contribution in [3.05, 3.63) is 39.9 Å². The number of rotatable bonds is 6. The molecule has 0 aliphatic rings. The molecule has 104 valence electrons. The maximum Gasteiger partial charge on any atom is 0.323 e. The summed E-state index contributed by atoms with van der Waals surface area (Å²) in [5.41, 5.74) is 0.794. The van der Waals surface area contributed by atoms with Crippen molar-refractivity contribution in [2.45, 2.75) is 26.4 Å². The minimum absolute atomic E-state index is 0.0402. The third-order valence-electron chi connectivity index (χ3n) is 2.77. The lowest BCUT2D eigenvalue weighted by atomic mass is 10.0. The lowest BCUT2D eigenvalue weighted by molar-refractivity contribution is -0.384. The molecule has 0 heterocycles. The van der Waals surface area contributed by atoms with Crippen LogP contribution < -0.4 is 5.32 Å². The maximum atomic E-state index is 11.6. The lowest BCUT2D eigenvalue weighted by Crippen LogP contribution is -2.41. The molecule has 1 aromatic carbocycles. The van der Waals surface area contributed by atoms with Gasteiger partial charge in [-0.2, -0.15) is 0 Å². The Morgan fingerprint density at radius 1 is 1.47 bits per heavy atom. The fourth-order valence-electron chi connectivity index (χ4n) is 1.73. The zero-order valence-corrected chi connectivity index (χ0v) is 11.3. The number of nitro groups is 1. The summed E-state index contributed by atoms with van der Waals surface area (Å²) in [6.07, 6.45) is 0. The first-order chi connectivity index (χ1) is 8.95. The van der Waals surface area contributed by atoms with Crippen molar-refractivity contribution in [3.63, 3.8) is 0 Å². The van der Waals surface area contributed by atoms with Crippen LogP contribution in [0, 0.1) is 16.0 Å². The molecule has 6 nitrogen and oxygen atoms in total. The number of non-ortho nitro benzene ring substituents is 1. The van der Waals surface area contributed by atoms with Crippen molar-refractivity contribution in [2.75, 3.05) is 7.11 Å². The number of ether oxygens (including phenoxy) is 1. The van der Waals surface area contributed by atoms with Crippen LogP contribution in [0.2, 0.25) is 0 Å². The minimum Gasteiger partial charge on any atom is -0.468 e. The predicted molar refractivity (Wildman–Crippen MR) is 70.6 cm³/mol. The topological polar surface area (TPSA) is 81.5 Å². The van der Waals surface area contributed by atoms with Crippen molar-refractivity contribution in [3.8, 4) is 0 Å². The van der Waals surface area contributed by atoms with E-state index in [1.807, 2.05) is 13.8 Å². The smallest absolute Gasteiger partial charge is 0.323 e. The molecule has 0 fully saturated rings. The van der Waals surface area contributed by atoms with E-state index in [9.17, 15) is 14.9 Å². The number of carbonyl (C=O) groups excluding carboxylic acids is 1. The molecule has 0 aliphatic heterocycles. The van der Waals surface area contributed by atoms with E-state index in [4.69, 9.17) is 4.74 Å². The second-order valence-electron chi connectivity index (χ2n) is 4.55. The first kappa shape index (κ1) is 15.1. The van der Waals surface area contributed by atoms with Gasteiger partial charge in [-0.25, -0.2) is 0 Å². The van der Waals surface area contributed by atoms with Gasteiger partial charge < -0.3 is 10.1 Å². The monoisotopic (exact) mass is 266 g/mol. The van der Waals surface area contributed by atoms with Gasteiger partial charge in [-0.3, -0.25) is 14.9 Å². The molecule has 6 heteroatoms. The van der Waals surface area contributed by atoms with E-state index >= 15 is 0 Å². The summed E-state index contributed by atoms with van der Waals surface area (Å²) in [5.74, 6) is -0.258. The number of hydrogen-bond acceptors (Lipinski definition) is 5. The van der Waals surface area contributed by atoms with E-state index in [1.165, 1.54) is 19.2 Å². The molecule has 0 aliphatic carbocycles. The molecule has 1 N–H and O–H groups in total. The van der Waals surface area contributed by atoms with Crippen molar-refractivity contribution >= 4 is 11.7 Å². The lowest BCUT2D eigenvalue weighted by Gasteiger charge is -2.19. The van der Waals surface area contributed by atoms with Crippen molar-refractivity contribution in [1.82, 2.24) is 5.32 Å². The van der Waals surface area contributed by atoms with Crippen LogP contribution in [-0.4, -0.2) is 24.0 Å². The molecule has 1 rings (SSSR count). The fourth-order valence-corrected chi connectivity index (χ4v) is 1.73. The molecule has 1 unspecified atom stereocenters. The van der Waals surface area contributed by atoms with Crippen LogP contribution in [-0.2, 0) is 16.1 Å². The Bertz CT molecular complexity index is 460. The highest BCUT2D eigenvalue weighted by Crippen LogP contribution is 2.13. The van der Waals surface area contributed by atoms with Gasteiger partial charge >= 0.3 is 5.97 Å². The Morgan fingerprint density at radius 3 is 2.68 bits per heavy atom. The molecule has 0 saturated heterocycles. The normalized spacial score (nSPS) is 12.2. The summed E-state index contributed by atoms with van der Waals surface area (Å²) in [7, 11) is 1.34. The predicted octanol–water partition coefficient (Wildman–Crippen LogP) is 1.88. The zero-order valence-electron chi connectivity index (χ0n) is 11.3. The van der Waals surface area contributed by atoms with E-state index in [2.05, 4.69) is 5.32 Å². The molecule has 0 aromatic heterocycles. The average molecular weight is 266 g/mol. The first-order valence-corrected chi connectivity index (χ1v) is 6.00. The standard InChI is InChI=1S/C13H18N2O4/c1-9(2)12(13(16)19-3)14-8-10-5-4-6-11(7-10)15(17)18/h4-7,9,12,14H,8H2,1-3H3. The minimum atomic E-state index is -0.441. The van der Waals surface area contributed by atoms with Crippen LogP contribution >= 0.6 is 0 Å². The van der Waals surface area contributed by atoms with Gasteiger partial charge in [0.15, 0.2) is 0 Å². The Kier molecular flexibility index (Phi) is 5.44. The largest absolute Gasteiger partial charge is 0.468 e. The van der Waals surface area contributed by atoms with Gasteiger partial charge in [-0.15, -0.1) is 0 Å². The zero-order chi connectivity index (χ0) is 14.4. The van der Waals surface area contributed by atoms with Crippen molar-refractivity contribution < 1.29 is 14.5 Å². The van der Waals surface area contributed by atoms with Crippen LogP contribution in [0.1, 0.15) is 19.4 Å². The molecule has 1 aromatic rings. The molecule has 0 spiro atoms. The number of nitro benzene ring substituents is 1. The molecule has 19 heavy (non-hydrogen) atoms. The van der Waals surface area contributed by atoms with Crippen LogP contribution in [0.3, 0.4) is 0 Å². The first-order valence-electron chi connectivity index (χ1n) is 6.00. The van der Waals surface area contributed by atoms with Crippen molar-refractivity contribution in [1.29, 1.82) is 0 Å². The van der Waals surface area contributed by atoms with Crippen LogP contribution in [0.15, 0.2) is 24.3 Å². The summed E-state index contributed by atoms with van der Waals surface area (Å²) < 4.78 is 4.71. The van der Waals surface area contributed by atoms with Crippen LogP contribution in [0.25, 0.3) is 0 Å². The van der Waals surface area contributed by atoms with Gasteiger partial charge in [-0.05, 0) is 11.5 Å². The third kappa shape index (κ3) is 4.33. The summed E-state index contributed by atoms with van der Waals surface area (Å²) in [6, 6.07) is 5.89. The molecule has 0 radical (unpaired) electrons. The van der Waals surface area contributed by atoms with Crippen LogP contribution in [0.5, 0.6) is 0 Å². The van der Waals surface area contributed by atoms with Gasteiger partial charge in [0.05, 0.1) is 12.0 Å². The number of esters is 1. The number of nitrogens with one attached hydrogen (secondary N) is 1. The highest BCUT2D eigenvalue weighted by molar-refractivity contribution is 5.75. The van der Waals surface area contributed by atoms with E-state index in [0.717, 1.165) is 5.56 Å². The second kappa shape index (κ2) is 6.84. The van der Waals surface area contributed by atoms with Crippen LogP contribution in [0.4, 0.5) is 5.69 Å². The van der Waals surface area contributed by atoms with E-state index in [-0.39, 0.29) is 17.6 Å². The number of carbonyl (C=O) groups is 1. The molecule has 0 saturated carbocycles. The summed E-state index contributed by atoms with van der Waals surface area (Å²) in [6.45, 7) is 4.18. The van der Waals surface area contributed by atoms with Gasteiger partial charge in [0.25, 0.3) is 5.69 Å². The SMILES string of the molecule is COC(=O)C(NCc1cccc([N+](=O)[O-])c1)C(C)C. The van der Waals surface area contributed by atoms with E-state index in [1.54, 1.807) is 12.1 Å². The Balaban J connectivity index is 2.71. The number of hydrogen-bond donors (Lipinski definition) is 1. The highest BCUT2D eigenvalue weighted by atomic mass is 16.6. The maximum absolute atomic E-state index is 11.6. The van der Waals surface area contributed by atoms with Gasteiger partial charge in [0.1, 0.15) is 6.04 Å². The summed E-state index contributed by atoms with van der Waals surface area (Å²) in [4.78, 5) is 21.8. The van der Waals surface area contributed by atoms with Crippen molar-refractivity contribution in [2.24, 2.45) is 5.92 Å². The highest BCUT2D eigenvalue weighted by Gasteiger charge is 2.22. The van der Waals surface area contributed by atoms with Gasteiger partial charge in [0, 0.05) is 18.7 Å². The molecule has 0 amide bonds. The Labute approximate surface area is 111 Å². The molecular weight excluding hydrogens is 248 g/mol. The molecular formula is C13H18N2O4. The van der Waals surface area contributed by atoms with E-state index in [0.29, 0.717) is 6.54 Å².